The molecule has 3 aromatic heterocycles. The van der Waals surface area contributed by atoms with Gasteiger partial charge in [-0.3, -0.25) is 4.98 Å². The first-order valence-corrected chi connectivity index (χ1v) is 9.63. The number of ether oxygens (including phenoxy) is 1. The van der Waals surface area contributed by atoms with E-state index in [-0.39, 0.29) is 6.61 Å². The maximum Gasteiger partial charge on any atom is 0.155 e. The number of rotatable bonds is 6. The third kappa shape index (κ3) is 4.45. The minimum Gasteiger partial charge on any atom is -0.455 e. The van der Waals surface area contributed by atoms with E-state index in [9.17, 15) is 5.11 Å². The highest BCUT2D eigenvalue weighted by atomic mass is 16.5. The van der Waals surface area contributed by atoms with Crippen molar-refractivity contribution < 1.29 is 9.84 Å². The molecule has 0 amide bonds. The molecule has 1 aromatic carbocycles. The summed E-state index contributed by atoms with van der Waals surface area (Å²) in [5, 5.41) is 12.4. The lowest BCUT2D eigenvalue weighted by Crippen LogP contribution is -1.98. The van der Waals surface area contributed by atoms with E-state index < -0.39 is 0 Å². The van der Waals surface area contributed by atoms with Gasteiger partial charge in [0, 0.05) is 29.8 Å². The fourth-order valence-electron chi connectivity index (χ4n) is 2.96. The van der Waals surface area contributed by atoms with Crippen molar-refractivity contribution in [3.63, 3.8) is 0 Å². The highest BCUT2D eigenvalue weighted by molar-refractivity contribution is 5.65. The summed E-state index contributed by atoms with van der Waals surface area (Å²) in [6, 6.07) is 18.9. The van der Waals surface area contributed by atoms with E-state index in [0.717, 1.165) is 28.2 Å². The Labute approximate surface area is 175 Å². The molecule has 0 unspecified atom stereocenters. The highest BCUT2D eigenvalue weighted by Gasteiger charge is 2.13. The van der Waals surface area contributed by atoms with Gasteiger partial charge in [-0.25, -0.2) is 9.97 Å². The van der Waals surface area contributed by atoms with Crippen LogP contribution in [0.2, 0.25) is 0 Å². The summed E-state index contributed by atoms with van der Waals surface area (Å²) < 4.78 is 6.20. The van der Waals surface area contributed by atoms with Crippen LogP contribution < -0.4 is 10.1 Å². The number of benzene rings is 1. The zero-order chi connectivity index (χ0) is 20.9. The van der Waals surface area contributed by atoms with E-state index in [1.54, 1.807) is 18.5 Å². The van der Waals surface area contributed by atoms with Crippen LogP contribution in [0.1, 0.15) is 16.8 Å². The molecular formula is C24H22N4O2. The van der Waals surface area contributed by atoms with Crippen LogP contribution in [0.15, 0.2) is 73.1 Å². The average molecular weight is 398 g/mol. The number of hydrogen-bond acceptors (Lipinski definition) is 6. The van der Waals surface area contributed by atoms with Gasteiger partial charge >= 0.3 is 0 Å². The molecule has 4 rings (SSSR count). The van der Waals surface area contributed by atoms with Crippen LogP contribution in [-0.2, 0) is 6.61 Å². The minimum atomic E-state index is 0.0183. The molecule has 2 N–H and O–H groups in total. The molecule has 4 aromatic rings. The Hall–Kier alpha value is -3.77. The van der Waals surface area contributed by atoms with E-state index in [2.05, 4.69) is 15.3 Å². The molecule has 0 radical (unpaired) electrons. The number of aliphatic hydroxyl groups excluding tert-OH is 1. The topological polar surface area (TPSA) is 80.2 Å². The molecule has 0 saturated carbocycles. The lowest BCUT2D eigenvalue weighted by Gasteiger charge is -2.14. The van der Waals surface area contributed by atoms with Gasteiger partial charge in [0.1, 0.15) is 17.3 Å². The largest absolute Gasteiger partial charge is 0.455 e. The fraction of sp³-hybridized carbons (Fsp3) is 0.125. The summed E-state index contributed by atoms with van der Waals surface area (Å²) in [4.78, 5) is 13.5. The molecule has 0 saturated heterocycles. The summed E-state index contributed by atoms with van der Waals surface area (Å²) in [6.45, 7) is 4.00. The van der Waals surface area contributed by atoms with Crippen LogP contribution in [0.5, 0.6) is 11.5 Å². The smallest absolute Gasteiger partial charge is 0.155 e. The summed E-state index contributed by atoms with van der Waals surface area (Å²) in [7, 11) is 0. The highest BCUT2D eigenvalue weighted by Crippen LogP contribution is 2.33. The van der Waals surface area contributed by atoms with Crippen molar-refractivity contribution in [2.75, 3.05) is 5.32 Å². The second-order valence-corrected chi connectivity index (χ2v) is 6.91. The Bertz CT molecular complexity index is 1150. The summed E-state index contributed by atoms with van der Waals surface area (Å²) in [5.74, 6) is 1.93. The first-order valence-electron chi connectivity index (χ1n) is 9.63. The lowest BCUT2D eigenvalue weighted by molar-refractivity contribution is 0.282. The Balaban J connectivity index is 1.62. The number of aromatic nitrogens is 3. The van der Waals surface area contributed by atoms with Gasteiger partial charge in [-0.05, 0) is 61.4 Å². The SMILES string of the molecule is Cc1cc(Oc2ccnc(Nc3ccc(CO)cc3)c2)c(-c2ccccn2)nc1C. The lowest BCUT2D eigenvalue weighted by atomic mass is 10.1. The summed E-state index contributed by atoms with van der Waals surface area (Å²) in [5.41, 5.74) is 5.16. The van der Waals surface area contributed by atoms with E-state index >= 15 is 0 Å². The van der Waals surface area contributed by atoms with Crippen LogP contribution in [-0.4, -0.2) is 20.1 Å². The summed E-state index contributed by atoms with van der Waals surface area (Å²) in [6.07, 6.45) is 3.43. The first kappa shape index (κ1) is 19.5. The Morgan fingerprint density at radius 1 is 0.933 bits per heavy atom. The van der Waals surface area contributed by atoms with Crippen molar-refractivity contribution in [3.05, 3.63) is 89.9 Å². The number of aliphatic hydroxyl groups is 1. The van der Waals surface area contributed by atoms with Gasteiger partial charge in [0.05, 0.1) is 12.3 Å². The Morgan fingerprint density at radius 2 is 1.77 bits per heavy atom. The second-order valence-electron chi connectivity index (χ2n) is 6.91. The van der Waals surface area contributed by atoms with Crippen molar-refractivity contribution in [1.82, 2.24) is 15.0 Å². The predicted molar refractivity (Wildman–Crippen MR) is 117 cm³/mol. The van der Waals surface area contributed by atoms with Gasteiger partial charge in [-0.1, -0.05) is 18.2 Å². The Morgan fingerprint density at radius 3 is 2.50 bits per heavy atom. The molecular weight excluding hydrogens is 376 g/mol. The maximum absolute atomic E-state index is 9.18. The van der Waals surface area contributed by atoms with Crippen molar-refractivity contribution in [2.24, 2.45) is 0 Å². The predicted octanol–water partition coefficient (Wildman–Crippen LogP) is 5.18. The monoisotopic (exact) mass is 398 g/mol. The van der Waals surface area contributed by atoms with Crippen molar-refractivity contribution in [2.45, 2.75) is 20.5 Å². The first-order chi connectivity index (χ1) is 14.6. The molecule has 0 aliphatic rings. The van der Waals surface area contributed by atoms with Crippen LogP contribution >= 0.6 is 0 Å². The quantitative estimate of drug-likeness (QED) is 0.466. The molecule has 0 aliphatic carbocycles. The molecule has 0 bridgehead atoms. The van der Waals surface area contributed by atoms with Gasteiger partial charge in [-0.15, -0.1) is 0 Å². The second kappa shape index (κ2) is 8.71. The van der Waals surface area contributed by atoms with Crippen LogP contribution in [0.25, 0.3) is 11.4 Å². The van der Waals surface area contributed by atoms with E-state index in [0.29, 0.717) is 23.0 Å². The van der Waals surface area contributed by atoms with Crippen molar-refractivity contribution in [1.29, 1.82) is 0 Å². The van der Waals surface area contributed by atoms with E-state index in [1.165, 1.54) is 0 Å². The van der Waals surface area contributed by atoms with Crippen LogP contribution in [0.4, 0.5) is 11.5 Å². The molecule has 30 heavy (non-hydrogen) atoms. The zero-order valence-corrected chi connectivity index (χ0v) is 16.8. The standard InChI is InChI=1S/C24H22N4O2/c1-16-13-22(24(27-17(16)2)21-5-3-4-11-25-21)30-20-10-12-26-23(14-20)28-19-8-6-18(15-29)7-9-19/h3-14,29H,15H2,1-2H3,(H,26,28). The molecule has 6 nitrogen and oxygen atoms in total. The number of hydrogen-bond donors (Lipinski definition) is 2. The third-order valence-corrected chi connectivity index (χ3v) is 4.71. The number of pyridine rings is 3. The fourth-order valence-corrected chi connectivity index (χ4v) is 2.96. The average Bonchev–Trinajstić information content (AvgIpc) is 2.77. The molecule has 150 valence electrons. The number of nitrogens with one attached hydrogen (secondary N) is 1. The van der Waals surface area contributed by atoms with Gasteiger partial charge in [-0.2, -0.15) is 0 Å². The normalized spacial score (nSPS) is 10.6. The molecule has 0 spiro atoms. The van der Waals surface area contributed by atoms with Gasteiger partial charge in [0.2, 0.25) is 0 Å². The maximum atomic E-state index is 9.18. The van der Waals surface area contributed by atoms with Crippen molar-refractivity contribution >= 4 is 11.5 Å². The zero-order valence-electron chi connectivity index (χ0n) is 16.8. The third-order valence-electron chi connectivity index (χ3n) is 4.71. The molecule has 0 atom stereocenters. The number of aryl methyl sites for hydroxylation is 2. The minimum absolute atomic E-state index is 0.0183. The molecule has 3 heterocycles. The van der Waals surface area contributed by atoms with Crippen LogP contribution in [0.3, 0.4) is 0 Å². The van der Waals surface area contributed by atoms with Crippen LogP contribution in [0, 0.1) is 13.8 Å². The summed E-state index contributed by atoms with van der Waals surface area (Å²) >= 11 is 0. The van der Waals surface area contributed by atoms with Gasteiger partial charge in [0.15, 0.2) is 5.75 Å². The van der Waals surface area contributed by atoms with E-state index in [4.69, 9.17) is 9.72 Å². The molecule has 0 fully saturated rings. The van der Waals surface area contributed by atoms with E-state index in [1.807, 2.05) is 68.4 Å². The van der Waals surface area contributed by atoms with Crippen molar-refractivity contribution in [3.8, 4) is 22.9 Å². The van der Waals surface area contributed by atoms with Gasteiger partial charge < -0.3 is 15.2 Å². The molecule has 6 heteroatoms. The number of anilines is 2. The number of nitrogens with zero attached hydrogens (tertiary/aromatic N) is 3. The Kier molecular flexibility index (Phi) is 5.68. The molecule has 0 aliphatic heterocycles. The van der Waals surface area contributed by atoms with Gasteiger partial charge in [0.25, 0.3) is 0 Å².